The topological polar surface area (TPSA) is 144 Å². The molecule has 2 rings (SSSR count). The molecule has 2 aliphatic heterocycles. The van der Waals surface area contributed by atoms with Gasteiger partial charge in [0.1, 0.15) is 21.9 Å². The van der Waals surface area contributed by atoms with Gasteiger partial charge in [-0.1, -0.05) is 67.3 Å². The number of ether oxygens (including phenoxy) is 5. The third-order valence-corrected chi connectivity index (χ3v) is 14.8. The lowest BCUT2D eigenvalue weighted by atomic mass is 9.83. The van der Waals surface area contributed by atoms with E-state index in [-0.39, 0.29) is 50.2 Å². The van der Waals surface area contributed by atoms with Crippen LogP contribution in [0.5, 0.6) is 0 Å². The molecule has 2 aliphatic rings. The molecule has 0 aromatic heterocycles. The molecule has 0 N–H and O–H groups in total. The number of hydroxylamine groups is 2. The second-order valence-electron chi connectivity index (χ2n) is 14.5. The Morgan fingerprint density at radius 3 is 1.94 bits per heavy atom. The van der Waals surface area contributed by atoms with Crippen LogP contribution in [0.4, 0.5) is 0 Å². The molecule has 0 aromatic carbocycles. The van der Waals surface area contributed by atoms with Crippen LogP contribution < -0.4 is 0 Å². The van der Waals surface area contributed by atoms with Gasteiger partial charge in [0.05, 0.1) is 25.2 Å². The standard InChI is InChI=1S/C31H49Br2NO11S2.CH9BP4/c1-28(2,19-30(5,32)26(38)43-14-13-42-24-9-7-8-12-41-24)21-40-15-17-46-47-18-16-44-25(37)29(3,4)20-31(6,33)27(39)45-34-22(35)10-11-23(34)36;3-1(4)2(5)6/h24H,7-21H2,1-6H3;1H,3-6H2. The molecule has 0 aliphatic carbocycles. The minimum absolute atomic E-state index is 0.00457. The van der Waals surface area contributed by atoms with E-state index in [1.807, 2.05) is 13.8 Å². The molecule has 0 radical (unpaired) electrons. The lowest BCUT2D eigenvalue weighted by Gasteiger charge is -2.32. The van der Waals surface area contributed by atoms with E-state index >= 15 is 0 Å². The van der Waals surface area contributed by atoms with Crippen molar-refractivity contribution >= 4 is 126 Å². The van der Waals surface area contributed by atoms with E-state index in [2.05, 4.69) is 68.6 Å². The normalized spacial score (nSPS) is 18.8. The first-order valence-electron chi connectivity index (χ1n) is 17.4. The van der Waals surface area contributed by atoms with E-state index in [1.165, 1.54) is 6.92 Å². The van der Waals surface area contributed by atoms with Crippen molar-refractivity contribution in [3.8, 4) is 0 Å². The molecule has 2 heterocycles. The molecule has 2 amide bonds. The zero-order valence-corrected chi connectivity index (χ0v) is 41.1. The number of esters is 2. The van der Waals surface area contributed by atoms with Gasteiger partial charge in [0.25, 0.3) is 11.8 Å². The Morgan fingerprint density at radius 1 is 0.849 bits per heavy atom. The molecule has 7 unspecified atom stereocenters. The van der Waals surface area contributed by atoms with Gasteiger partial charge in [0.15, 0.2) is 12.4 Å². The minimum atomic E-state index is -1.33. The summed E-state index contributed by atoms with van der Waals surface area (Å²) in [5, 5.41) is 1.10. The summed E-state index contributed by atoms with van der Waals surface area (Å²) in [5.41, 5.74) is -1.33. The van der Waals surface area contributed by atoms with Crippen molar-refractivity contribution < 1.29 is 52.5 Å². The molecule has 7 atom stereocenters. The largest absolute Gasteiger partial charge is 0.464 e. The molecule has 53 heavy (non-hydrogen) atoms. The second-order valence-corrected chi connectivity index (χ2v) is 25.4. The van der Waals surface area contributed by atoms with Crippen LogP contribution in [0.1, 0.15) is 86.5 Å². The third-order valence-electron chi connectivity index (χ3n) is 7.66. The molecule has 2 fully saturated rings. The fourth-order valence-corrected chi connectivity index (χ4v) is 8.40. The number of amides is 2. The van der Waals surface area contributed by atoms with Crippen LogP contribution in [0.2, 0.25) is 0 Å². The lowest BCUT2D eigenvalue weighted by molar-refractivity contribution is -0.199. The zero-order valence-electron chi connectivity index (χ0n) is 31.7. The van der Waals surface area contributed by atoms with Crippen molar-refractivity contribution in [2.75, 3.05) is 51.1 Å². The average molecular weight is 991 g/mol. The van der Waals surface area contributed by atoms with Gasteiger partial charge in [-0.3, -0.25) is 19.2 Å². The quantitative estimate of drug-likeness (QED) is 0.0219. The van der Waals surface area contributed by atoms with E-state index in [9.17, 15) is 24.0 Å². The summed E-state index contributed by atoms with van der Waals surface area (Å²) >= 11 is 6.84. The van der Waals surface area contributed by atoms with E-state index < -0.39 is 37.8 Å². The molecule has 2 saturated heterocycles. The molecule has 21 heteroatoms. The molecular weight excluding hydrogens is 933 g/mol. The third kappa shape index (κ3) is 21.5. The Bertz CT molecular complexity index is 1180. The highest BCUT2D eigenvalue weighted by molar-refractivity contribution is 9.10. The Balaban J connectivity index is 0.00000215. The molecule has 306 valence electrons. The molecule has 0 saturated carbocycles. The lowest BCUT2D eigenvalue weighted by Crippen LogP contribution is -2.43. The summed E-state index contributed by atoms with van der Waals surface area (Å²) in [6.07, 6.45) is 3.91. The van der Waals surface area contributed by atoms with Gasteiger partial charge in [0, 0.05) is 31.0 Å². The molecular formula is C32H58BBr2NO11P4S2. The van der Waals surface area contributed by atoms with Crippen molar-refractivity contribution in [3.05, 3.63) is 0 Å². The van der Waals surface area contributed by atoms with Crippen molar-refractivity contribution in [1.29, 1.82) is 0 Å². The van der Waals surface area contributed by atoms with Crippen molar-refractivity contribution in [1.82, 2.24) is 5.06 Å². The van der Waals surface area contributed by atoms with E-state index in [1.54, 1.807) is 42.4 Å². The van der Waals surface area contributed by atoms with Crippen LogP contribution in [-0.2, 0) is 52.5 Å². The summed E-state index contributed by atoms with van der Waals surface area (Å²) in [6.45, 7) is 13.0. The fourth-order valence-electron chi connectivity index (χ4n) is 5.06. The van der Waals surface area contributed by atoms with Gasteiger partial charge in [0.2, 0.25) is 0 Å². The Morgan fingerprint density at radius 2 is 1.40 bits per heavy atom. The molecule has 0 spiro atoms. The number of hydrogen-bond donors (Lipinski definition) is 0. The highest BCUT2D eigenvalue weighted by atomic mass is 79.9. The average Bonchev–Trinajstić information content (AvgIpc) is 3.37. The van der Waals surface area contributed by atoms with E-state index in [4.69, 9.17) is 28.5 Å². The van der Waals surface area contributed by atoms with Gasteiger partial charge >= 0.3 is 17.9 Å². The van der Waals surface area contributed by atoms with Gasteiger partial charge in [-0.25, -0.2) is 4.79 Å². The van der Waals surface area contributed by atoms with Crippen LogP contribution >= 0.6 is 90.2 Å². The minimum Gasteiger partial charge on any atom is -0.464 e. The monoisotopic (exact) mass is 989 g/mol. The number of carbonyl (C=O) groups is 5. The number of halogens is 2. The fraction of sp³-hybridized carbons (Fsp3) is 0.844. The van der Waals surface area contributed by atoms with Crippen LogP contribution in [0, 0.1) is 10.8 Å². The molecule has 0 bridgehead atoms. The summed E-state index contributed by atoms with van der Waals surface area (Å²) < 4.78 is 25.7. The van der Waals surface area contributed by atoms with Crippen molar-refractivity contribution in [2.24, 2.45) is 10.8 Å². The first-order valence-corrected chi connectivity index (χ1v) is 24.1. The first kappa shape index (κ1) is 51.9. The van der Waals surface area contributed by atoms with Crippen LogP contribution in [-0.4, -0.2) is 112 Å². The SMILES string of the molecule is CC(C)(COCCSSCCOC(=O)C(C)(C)CC(C)(Br)C(=O)ON1C(=O)CCC1=O)CC(C)(Br)C(=O)OCCOC1CCCCO1.PB(P)C(P)P. The number of imide groups is 1. The summed E-state index contributed by atoms with van der Waals surface area (Å²) in [7, 11) is 13.9. The zero-order chi connectivity index (χ0) is 40.5. The Kier molecular flexibility index (Phi) is 24.9. The molecule has 12 nitrogen and oxygen atoms in total. The van der Waals surface area contributed by atoms with Crippen LogP contribution in [0.3, 0.4) is 0 Å². The summed E-state index contributed by atoms with van der Waals surface area (Å²) in [5.74, 6) is -1.52. The maximum Gasteiger partial charge on any atom is 0.349 e. The number of alkyl halides is 2. The maximum absolute atomic E-state index is 12.8. The number of hydrogen-bond acceptors (Lipinski definition) is 13. The Labute approximate surface area is 350 Å². The van der Waals surface area contributed by atoms with Gasteiger partial charge in [-0.15, -0.1) is 23.5 Å². The van der Waals surface area contributed by atoms with E-state index in [0.29, 0.717) is 55.1 Å². The summed E-state index contributed by atoms with van der Waals surface area (Å²) in [6, 6.07) is 0. The number of nitrogens with zero attached hydrogens (tertiary/aromatic N) is 1. The highest BCUT2D eigenvalue weighted by Crippen LogP contribution is 2.37. The second kappa shape index (κ2) is 25.4. The highest BCUT2D eigenvalue weighted by Gasteiger charge is 2.45. The number of rotatable bonds is 22. The van der Waals surface area contributed by atoms with Crippen molar-refractivity contribution in [2.45, 2.75) is 107 Å². The molecule has 0 aromatic rings. The predicted octanol–water partition coefficient (Wildman–Crippen LogP) is 6.60. The van der Waals surface area contributed by atoms with Gasteiger partial charge in [-0.2, -0.15) is 18.2 Å². The van der Waals surface area contributed by atoms with E-state index in [0.717, 1.165) is 25.0 Å². The predicted molar refractivity (Wildman–Crippen MR) is 234 cm³/mol. The van der Waals surface area contributed by atoms with Gasteiger partial charge in [-0.05, 0) is 70.5 Å². The van der Waals surface area contributed by atoms with Gasteiger partial charge < -0.3 is 28.5 Å². The van der Waals surface area contributed by atoms with Crippen molar-refractivity contribution in [3.63, 3.8) is 0 Å². The van der Waals surface area contributed by atoms with Crippen LogP contribution in [0.15, 0.2) is 0 Å². The first-order chi connectivity index (χ1) is 24.5. The maximum atomic E-state index is 12.8. The summed E-state index contributed by atoms with van der Waals surface area (Å²) in [4.78, 5) is 66.6. The smallest absolute Gasteiger partial charge is 0.349 e. The Hall–Kier alpha value is 0.875. The number of carbonyl (C=O) groups excluding carboxylic acids is 5. The van der Waals surface area contributed by atoms with Crippen LogP contribution in [0.25, 0.3) is 0 Å².